The molecule has 0 spiro atoms. The molecule has 5 nitrogen and oxygen atoms in total. The minimum absolute atomic E-state index is 0.00852. The molecule has 0 saturated carbocycles. The number of hydrogen-bond acceptors (Lipinski definition) is 3. The van der Waals surface area contributed by atoms with E-state index in [9.17, 15) is 9.59 Å². The van der Waals surface area contributed by atoms with E-state index in [1.165, 1.54) is 4.90 Å². The van der Waals surface area contributed by atoms with E-state index in [-0.39, 0.29) is 24.4 Å². The molecular weight excluding hydrogens is 266 g/mol. The van der Waals surface area contributed by atoms with Crippen molar-refractivity contribution in [2.24, 2.45) is 5.73 Å². The van der Waals surface area contributed by atoms with Crippen molar-refractivity contribution in [3.63, 3.8) is 0 Å². The van der Waals surface area contributed by atoms with Gasteiger partial charge in [-0.2, -0.15) is 0 Å². The quantitative estimate of drug-likeness (QED) is 0.839. The Morgan fingerprint density at radius 3 is 2.38 bits per heavy atom. The number of nitrogens with zero attached hydrogens (tertiary/aromatic N) is 1. The molecule has 3 N–H and O–H groups in total. The van der Waals surface area contributed by atoms with Gasteiger partial charge in [0.25, 0.3) is 0 Å². The van der Waals surface area contributed by atoms with Crippen LogP contribution in [0.15, 0.2) is 18.2 Å². The van der Waals surface area contributed by atoms with Crippen molar-refractivity contribution in [1.29, 1.82) is 0 Å². The Morgan fingerprint density at radius 1 is 1.29 bits per heavy atom. The van der Waals surface area contributed by atoms with Crippen LogP contribution in [0.1, 0.15) is 30.9 Å². The summed E-state index contributed by atoms with van der Waals surface area (Å²) in [5.41, 5.74) is 8.46. The van der Waals surface area contributed by atoms with Crippen LogP contribution in [0.4, 0.5) is 5.69 Å². The van der Waals surface area contributed by atoms with Crippen molar-refractivity contribution in [2.75, 3.05) is 18.9 Å². The molecule has 1 aromatic rings. The van der Waals surface area contributed by atoms with Gasteiger partial charge in [-0.3, -0.25) is 9.59 Å². The first kappa shape index (κ1) is 17.2. The Bertz CT molecular complexity index is 492. The predicted molar refractivity (Wildman–Crippen MR) is 85.1 cm³/mol. The van der Waals surface area contributed by atoms with E-state index in [0.29, 0.717) is 12.8 Å². The van der Waals surface area contributed by atoms with Crippen LogP contribution in [0.25, 0.3) is 0 Å². The fourth-order valence-corrected chi connectivity index (χ4v) is 2.04. The zero-order chi connectivity index (χ0) is 16.0. The molecule has 1 unspecified atom stereocenters. The Balaban J connectivity index is 2.55. The number of nitrogens with one attached hydrogen (secondary N) is 1. The third-order valence-electron chi connectivity index (χ3n) is 3.37. The lowest BCUT2D eigenvalue weighted by Crippen LogP contribution is -2.35. The number of aryl methyl sites for hydroxylation is 2. The summed E-state index contributed by atoms with van der Waals surface area (Å²) in [5.74, 6) is -0.256. The minimum atomic E-state index is -0.191. The zero-order valence-electron chi connectivity index (χ0n) is 13.3. The summed E-state index contributed by atoms with van der Waals surface area (Å²) >= 11 is 0. The summed E-state index contributed by atoms with van der Waals surface area (Å²) in [4.78, 5) is 25.3. The van der Waals surface area contributed by atoms with Gasteiger partial charge in [0, 0.05) is 25.2 Å². The van der Waals surface area contributed by atoms with Crippen LogP contribution in [0, 0.1) is 13.8 Å². The molecule has 21 heavy (non-hydrogen) atoms. The average molecular weight is 291 g/mol. The van der Waals surface area contributed by atoms with Gasteiger partial charge in [0.1, 0.15) is 0 Å². The first-order valence-electron chi connectivity index (χ1n) is 7.17. The second-order valence-electron chi connectivity index (χ2n) is 5.58. The second-order valence-corrected chi connectivity index (χ2v) is 5.58. The summed E-state index contributed by atoms with van der Waals surface area (Å²) in [7, 11) is 1.63. The number of nitrogens with two attached hydrogens (primary N) is 1. The number of hydrogen-bond donors (Lipinski definition) is 2. The molecule has 0 aromatic heterocycles. The maximum absolute atomic E-state index is 12.0. The lowest BCUT2D eigenvalue weighted by molar-refractivity contribution is -0.133. The topological polar surface area (TPSA) is 75.4 Å². The monoisotopic (exact) mass is 291 g/mol. The van der Waals surface area contributed by atoms with Gasteiger partial charge in [-0.1, -0.05) is 18.2 Å². The van der Waals surface area contributed by atoms with Gasteiger partial charge in [-0.25, -0.2) is 0 Å². The number of amides is 2. The molecule has 0 bridgehead atoms. The van der Waals surface area contributed by atoms with Crippen LogP contribution in [0.5, 0.6) is 0 Å². The van der Waals surface area contributed by atoms with Crippen molar-refractivity contribution in [1.82, 2.24) is 4.90 Å². The molecule has 0 heterocycles. The van der Waals surface area contributed by atoms with Gasteiger partial charge in [0.15, 0.2) is 0 Å². The van der Waals surface area contributed by atoms with Crippen molar-refractivity contribution in [3.05, 3.63) is 29.3 Å². The third kappa shape index (κ3) is 5.55. The van der Waals surface area contributed by atoms with Gasteiger partial charge < -0.3 is 16.0 Å². The molecule has 2 amide bonds. The lowest BCUT2D eigenvalue weighted by atomic mass is 10.1. The summed E-state index contributed by atoms with van der Waals surface area (Å²) < 4.78 is 0. The second kappa shape index (κ2) is 7.78. The Kier molecular flexibility index (Phi) is 6.37. The van der Waals surface area contributed by atoms with E-state index in [1.807, 2.05) is 39.0 Å². The lowest BCUT2D eigenvalue weighted by Gasteiger charge is -2.18. The van der Waals surface area contributed by atoms with E-state index < -0.39 is 0 Å². The molecular formula is C16H25N3O2. The molecule has 0 aliphatic carbocycles. The molecule has 0 fully saturated rings. The zero-order valence-corrected chi connectivity index (χ0v) is 13.3. The Labute approximate surface area is 126 Å². The van der Waals surface area contributed by atoms with E-state index in [0.717, 1.165) is 16.8 Å². The van der Waals surface area contributed by atoms with E-state index in [1.54, 1.807) is 7.05 Å². The summed E-state index contributed by atoms with van der Waals surface area (Å²) in [6.07, 6.45) is 0.993. The van der Waals surface area contributed by atoms with Crippen LogP contribution in [0.3, 0.4) is 0 Å². The number of rotatable bonds is 6. The smallest absolute Gasteiger partial charge is 0.243 e. The molecule has 1 aromatic carbocycles. The number of likely N-dealkylation sites (N-methyl/N-ethyl adjacent to an activating group) is 1. The van der Waals surface area contributed by atoms with Gasteiger partial charge in [0.2, 0.25) is 11.8 Å². The van der Waals surface area contributed by atoms with Crippen molar-refractivity contribution in [2.45, 2.75) is 39.7 Å². The Morgan fingerprint density at radius 2 is 1.86 bits per heavy atom. The van der Waals surface area contributed by atoms with Gasteiger partial charge in [-0.15, -0.1) is 0 Å². The predicted octanol–water partition coefficient (Wildman–Crippen LogP) is 1.83. The summed E-state index contributed by atoms with van der Waals surface area (Å²) in [6.45, 7) is 5.80. The third-order valence-corrected chi connectivity index (χ3v) is 3.37. The molecule has 1 rings (SSSR count). The maximum Gasteiger partial charge on any atom is 0.243 e. The number of para-hydroxylation sites is 1. The highest BCUT2D eigenvalue weighted by Gasteiger charge is 2.14. The molecule has 0 aliphatic rings. The highest BCUT2D eigenvalue weighted by atomic mass is 16.2. The van der Waals surface area contributed by atoms with Gasteiger partial charge in [-0.05, 0) is 38.3 Å². The molecule has 1 atom stereocenters. The van der Waals surface area contributed by atoms with Crippen LogP contribution in [0.2, 0.25) is 0 Å². The molecule has 0 aliphatic heterocycles. The number of carbonyl (C=O) groups excluding carboxylic acids is 2. The first-order valence-corrected chi connectivity index (χ1v) is 7.17. The molecule has 0 saturated heterocycles. The van der Waals surface area contributed by atoms with Crippen molar-refractivity contribution >= 4 is 17.5 Å². The fourth-order valence-electron chi connectivity index (χ4n) is 2.04. The summed E-state index contributed by atoms with van der Waals surface area (Å²) in [6, 6.07) is 5.83. The number of anilines is 1. The highest BCUT2D eigenvalue weighted by molar-refractivity contribution is 5.95. The van der Waals surface area contributed by atoms with Crippen molar-refractivity contribution in [3.8, 4) is 0 Å². The van der Waals surface area contributed by atoms with Gasteiger partial charge in [0.05, 0.1) is 6.54 Å². The van der Waals surface area contributed by atoms with Crippen molar-refractivity contribution < 1.29 is 9.59 Å². The molecule has 116 valence electrons. The normalized spacial score (nSPS) is 11.9. The minimum Gasteiger partial charge on any atom is -0.336 e. The number of carbonyl (C=O) groups is 2. The van der Waals surface area contributed by atoms with E-state index >= 15 is 0 Å². The van der Waals surface area contributed by atoms with Crippen LogP contribution in [-0.2, 0) is 9.59 Å². The van der Waals surface area contributed by atoms with Crippen LogP contribution in [-0.4, -0.2) is 36.3 Å². The van der Waals surface area contributed by atoms with Crippen LogP contribution >= 0.6 is 0 Å². The largest absolute Gasteiger partial charge is 0.336 e. The molecule has 5 heteroatoms. The Hall–Kier alpha value is -1.88. The fraction of sp³-hybridized carbons (Fsp3) is 0.500. The molecule has 0 radical (unpaired) electrons. The van der Waals surface area contributed by atoms with Crippen LogP contribution < -0.4 is 11.1 Å². The average Bonchev–Trinajstić information content (AvgIpc) is 2.40. The summed E-state index contributed by atoms with van der Waals surface area (Å²) in [5, 5.41) is 2.87. The highest BCUT2D eigenvalue weighted by Crippen LogP contribution is 2.19. The SMILES string of the molecule is Cc1cccc(C)c1NC(=O)CN(C)C(=O)CCC(C)N. The first-order chi connectivity index (χ1) is 9.81. The van der Waals surface area contributed by atoms with E-state index in [4.69, 9.17) is 5.73 Å². The maximum atomic E-state index is 12.0. The standard InChI is InChI=1S/C16H25N3O2/c1-11-6-5-7-12(2)16(11)18-14(20)10-19(4)15(21)9-8-13(3)17/h5-7,13H,8-10,17H2,1-4H3,(H,18,20). The number of benzene rings is 1. The van der Waals surface area contributed by atoms with E-state index in [2.05, 4.69) is 5.32 Å². The van der Waals surface area contributed by atoms with Gasteiger partial charge >= 0.3 is 0 Å².